The Kier molecular flexibility index (Phi) is 6.75. The third kappa shape index (κ3) is 5.17. The van der Waals surface area contributed by atoms with E-state index in [1.807, 2.05) is 19.1 Å². The fourth-order valence-corrected chi connectivity index (χ4v) is 2.95. The molecule has 0 aliphatic heterocycles. The monoisotopic (exact) mass is 393 g/mol. The molecule has 0 radical (unpaired) electrons. The molecule has 142 valence electrons. The summed E-state index contributed by atoms with van der Waals surface area (Å²) in [6.07, 6.45) is 0.341. The first kappa shape index (κ1) is 19.6. The quantitative estimate of drug-likeness (QED) is 0.273. The zero-order valence-electron chi connectivity index (χ0n) is 15.2. The summed E-state index contributed by atoms with van der Waals surface area (Å²) in [5.74, 6) is 0.245. The van der Waals surface area contributed by atoms with E-state index in [0.717, 1.165) is 5.75 Å². The smallest absolute Gasteiger partial charge is 0.254 e. The van der Waals surface area contributed by atoms with Gasteiger partial charge in [-0.1, -0.05) is 67.2 Å². The minimum atomic E-state index is -1.22. The van der Waals surface area contributed by atoms with Gasteiger partial charge in [0.2, 0.25) is 17.9 Å². The van der Waals surface area contributed by atoms with Gasteiger partial charge >= 0.3 is 0 Å². The number of nitrogens with zero attached hydrogens (tertiary/aromatic N) is 2. The predicted molar refractivity (Wildman–Crippen MR) is 108 cm³/mol. The summed E-state index contributed by atoms with van der Waals surface area (Å²) < 4.78 is 5.76. The molecular weight excluding hydrogens is 374 g/mol. The van der Waals surface area contributed by atoms with Gasteiger partial charge in [-0.3, -0.25) is 9.59 Å². The Morgan fingerprint density at radius 3 is 2.29 bits per heavy atom. The molecule has 2 aromatic carbocycles. The van der Waals surface area contributed by atoms with Gasteiger partial charge in [-0.15, -0.1) is 0 Å². The van der Waals surface area contributed by atoms with E-state index in [4.69, 9.17) is 4.74 Å². The van der Waals surface area contributed by atoms with Gasteiger partial charge in [0.15, 0.2) is 5.16 Å². The molecule has 0 saturated carbocycles. The molecule has 0 unspecified atom stereocenters. The Labute approximate surface area is 167 Å². The lowest BCUT2D eigenvalue weighted by Gasteiger charge is -2.19. The van der Waals surface area contributed by atoms with Crippen molar-refractivity contribution >= 4 is 23.5 Å². The zero-order valence-corrected chi connectivity index (χ0v) is 16.1. The van der Waals surface area contributed by atoms with Crippen LogP contribution in [0.2, 0.25) is 0 Å². The van der Waals surface area contributed by atoms with Gasteiger partial charge < -0.3 is 10.1 Å². The van der Waals surface area contributed by atoms with Gasteiger partial charge in [0, 0.05) is 23.4 Å². The van der Waals surface area contributed by atoms with Crippen molar-refractivity contribution in [3.8, 4) is 5.88 Å². The molecule has 1 N–H and O–H groups in total. The van der Waals surface area contributed by atoms with Crippen molar-refractivity contribution in [3.63, 3.8) is 0 Å². The van der Waals surface area contributed by atoms with Gasteiger partial charge in [0.1, 0.15) is 0 Å². The van der Waals surface area contributed by atoms with Crippen LogP contribution in [0.4, 0.5) is 0 Å². The van der Waals surface area contributed by atoms with E-state index in [-0.39, 0.29) is 11.7 Å². The van der Waals surface area contributed by atoms with Gasteiger partial charge in [-0.05, 0) is 17.9 Å². The van der Waals surface area contributed by atoms with Crippen LogP contribution in [0.25, 0.3) is 0 Å². The van der Waals surface area contributed by atoms with Crippen LogP contribution in [0.5, 0.6) is 5.88 Å². The number of thioether (sulfide) groups is 1. The number of carbonyl (C=O) groups excluding carboxylic acids is 2. The number of nitrogens with one attached hydrogen (secondary N) is 1. The molecule has 7 heteroatoms. The van der Waals surface area contributed by atoms with Gasteiger partial charge in [-0.25, -0.2) is 4.98 Å². The highest BCUT2D eigenvalue weighted by Gasteiger charge is 2.25. The maximum atomic E-state index is 12.9. The number of amides is 1. The van der Waals surface area contributed by atoms with Crippen LogP contribution >= 0.6 is 11.8 Å². The molecule has 1 atom stereocenters. The molecule has 3 rings (SSSR count). The molecule has 0 saturated heterocycles. The minimum absolute atomic E-state index is 0.216. The number of ether oxygens (including phenoxy) is 1. The average Bonchev–Trinajstić information content (AvgIpc) is 2.74. The van der Waals surface area contributed by atoms with E-state index in [1.54, 1.807) is 60.8 Å². The lowest BCUT2D eigenvalue weighted by atomic mass is 10.1. The summed E-state index contributed by atoms with van der Waals surface area (Å²) in [6.45, 7) is 1.99. The molecule has 0 bridgehead atoms. The summed E-state index contributed by atoms with van der Waals surface area (Å²) in [6, 6.07) is 18.9. The van der Waals surface area contributed by atoms with E-state index < -0.39 is 12.1 Å². The summed E-state index contributed by atoms with van der Waals surface area (Å²) in [5.41, 5.74) is 0.861. The Balaban J connectivity index is 1.85. The van der Waals surface area contributed by atoms with E-state index in [0.29, 0.717) is 16.3 Å². The molecule has 6 nitrogen and oxygen atoms in total. The Hall–Kier alpha value is -3.19. The second-order valence-corrected chi connectivity index (χ2v) is 6.91. The highest BCUT2D eigenvalue weighted by atomic mass is 32.2. The molecule has 0 aliphatic rings. The molecule has 0 fully saturated rings. The third-order valence-electron chi connectivity index (χ3n) is 3.71. The lowest BCUT2D eigenvalue weighted by molar-refractivity contribution is 0.0648. The van der Waals surface area contributed by atoms with Crippen molar-refractivity contribution < 1.29 is 14.3 Å². The topological polar surface area (TPSA) is 81.2 Å². The third-order valence-corrected chi connectivity index (χ3v) is 4.46. The van der Waals surface area contributed by atoms with E-state index in [2.05, 4.69) is 15.3 Å². The molecule has 1 heterocycles. The number of aromatic nitrogens is 2. The first-order valence-corrected chi connectivity index (χ1v) is 9.73. The number of hydrogen-bond donors (Lipinski definition) is 1. The number of ketones is 1. The van der Waals surface area contributed by atoms with Gasteiger partial charge in [0.25, 0.3) is 5.91 Å². The fourth-order valence-electron chi connectivity index (χ4n) is 2.40. The van der Waals surface area contributed by atoms with Gasteiger partial charge in [0.05, 0.1) is 0 Å². The molecule has 1 amide bonds. The second-order valence-electron chi connectivity index (χ2n) is 5.68. The highest BCUT2D eigenvalue weighted by Crippen LogP contribution is 2.17. The first-order valence-electron chi connectivity index (χ1n) is 8.75. The number of rotatable bonds is 8. The van der Waals surface area contributed by atoms with Crippen LogP contribution in [0, 0.1) is 0 Å². The number of carbonyl (C=O) groups is 2. The predicted octanol–water partition coefficient (Wildman–Crippen LogP) is 3.61. The molecule has 3 aromatic rings. The first-order chi connectivity index (χ1) is 13.7. The molecule has 1 aromatic heterocycles. The highest BCUT2D eigenvalue weighted by molar-refractivity contribution is 7.99. The summed E-state index contributed by atoms with van der Waals surface area (Å²) >= 11 is 1.46. The molecule has 0 aliphatic carbocycles. The van der Waals surface area contributed by atoms with E-state index in [9.17, 15) is 9.59 Å². The van der Waals surface area contributed by atoms with Crippen LogP contribution in [-0.4, -0.2) is 33.6 Å². The molecule has 28 heavy (non-hydrogen) atoms. The Morgan fingerprint density at radius 1 is 1.00 bits per heavy atom. The second kappa shape index (κ2) is 9.66. The standard InChI is InChI=1S/C21H19N3O3S/c1-2-28-21-22-14-13-17(23-21)27-20(18(25)15-9-5-3-6-10-15)24-19(26)16-11-7-4-8-12-16/h3-14,20H,2H2,1H3,(H,24,26)/t20-/m1/s1. The zero-order chi connectivity index (χ0) is 19.8. The van der Waals surface area contributed by atoms with Crippen molar-refractivity contribution in [1.29, 1.82) is 0 Å². The maximum Gasteiger partial charge on any atom is 0.254 e. The van der Waals surface area contributed by atoms with Crippen molar-refractivity contribution in [2.45, 2.75) is 18.3 Å². The Bertz CT molecular complexity index is 936. The van der Waals surface area contributed by atoms with Crippen LogP contribution < -0.4 is 10.1 Å². The Morgan fingerprint density at radius 2 is 1.64 bits per heavy atom. The number of hydrogen-bond acceptors (Lipinski definition) is 6. The van der Waals surface area contributed by atoms with Crippen molar-refractivity contribution in [2.24, 2.45) is 0 Å². The largest absolute Gasteiger partial charge is 0.446 e. The summed E-state index contributed by atoms with van der Waals surface area (Å²) in [4.78, 5) is 33.9. The molecular formula is C21H19N3O3S. The van der Waals surface area contributed by atoms with E-state index >= 15 is 0 Å². The normalized spacial score (nSPS) is 11.5. The van der Waals surface area contributed by atoms with Crippen LogP contribution in [-0.2, 0) is 0 Å². The number of benzene rings is 2. The molecule has 0 spiro atoms. The van der Waals surface area contributed by atoms with E-state index in [1.165, 1.54) is 11.8 Å². The summed E-state index contributed by atoms with van der Waals surface area (Å²) in [7, 11) is 0. The van der Waals surface area contributed by atoms with Crippen LogP contribution in [0.1, 0.15) is 27.6 Å². The SMILES string of the molecule is CCSc1nccc(O[C@@H](NC(=O)c2ccccc2)C(=O)c2ccccc2)n1. The van der Waals surface area contributed by atoms with Crippen molar-refractivity contribution in [2.75, 3.05) is 5.75 Å². The van der Waals surface area contributed by atoms with Crippen LogP contribution in [0.3, 0.4) is 0 Å². The fraction of sp³-hybridized carbons (Fsp3) is 0.143. The van der Waals surface area contributed by atoms with Crippen molar-refractivity contribution in [1.82, 2.24) is 15.3 Å². The van der Waals surface area contributed by atoms with Crippen LogP contribution in [0.15, 0.2) is 78.1 Å². The average molecular weight is 393 g/mol. The van der Waals surface area contributed by atoms with Crippen molar-refractivity contribution in [3.05, 3.63) is 84.1 Å². The minimum Gasteiger partial charge on any atom is -0.446 e. The number of Topliss-reactive ketones (excluding diaryl/α,β-unsaturated/α-hetero) is 1. The summed E-state index contributed by atoms with van der Waals surface area (Å²) in [5, 5.41) is 3.20. The maximum absolute atomic E-state index is 12.9. The lowest BCUT2D eigenvalue weighted by Crippen LogP contribution is -2.45. The van der Waals surface area contributed by atoms with Gasteiger partial charge in [-0.2, -0.15) is 4.98 Å².